The largest absolute Gasteiger partial charge is 0.454 e. The second-order valence-corrected chi connectivity index (χ2v) is 8.18. The molecule has 2 heterocycles. The Bertz CT molecular complexity index is 1430. The second-order valence-electron chi connectivity index (χ2n) is 6.49. The van der Waals surface area contributed by atoms with Crippen molar-refractivity contribution in [3.05, 3.63) is 88.8 Å². The van der Waals surface area contributed by atoms with Crippen LogP contribution in [0.2, 0.25) is 0 Å². The molecule has 0 aliphatic heterocycles. The minimum absolute atomic E-state index is 0.0135. The molecule has 0 aliphatic carbocycles. The van der Waals surface area contributed by atoms with Crippen LogP contribution in [-0.2, 0) is 16.2 Å². The second kappa shape index (κ2) is 7.55. The van der Waals surface area contributed by atoms with Crippen molar-refractivity contribution < 1.29 is 26.0 Å². The minimum atomic E-state index is -4.68. The minimum Gasteiger partial charge on any atom is -0.454 e. The third-order valence-corrected chi connectivity index (χ3v) is 5.79. The number of sulfonamides is 1. The van der Waals surface area contributed by atoms with E-state index in [1.54, 1.807) is 0 Å². The Labute approximate surface area is 174 Å². The summed E-state index contributed by atoms with van der Waals surface area (Å²) >= 11 is 0. The Morgan fingerprint density at radius 1 is 0.968 bits per heavy atom. The van der Waals surface area contributed by atoms with Crippen molar-refractivity contribution in [2.75, 3.05) is 4.72 Å². The van der Waals surface area contributed by atoms with Gasteiger partial charge in [-0.05, 0) is 30.3 Å². The van der Waals surface area contributed by atoms with Gasteiger partial charge in [0.15, 0.2) is 11.0 Å². The first-order chi connectivity index (χ1) is 14.7. The standard InChI is InChI=1S/C21H13F3N2O4S/c22-21(23,24)16-8-2-1-6-14(16)19-11-18(27)15-7-3-9-17(20(15)30-19)26-31(28,29)13-5-4-10-25-12-13/h1-12,26H. The molecule has 4 aromatic rings. The van der Waals surface area contributed by atoms with Crippen LogP contribution in [0.3, 0.4) is 0 Å². The van der Waals surface area contributed by atoms with Gasteiger partial charge in [-0.2, -0.15) is 13.2 Å². The molecule has 6 nitrogen and oxygen atoms in total. The van der Waals surface area contributed by atoms with Gasteiger partial charge in [0.25, 0.3) is 10.0 Å². The van der Waals surface area contributed by atoms with Gasteiger partial charge in [0, 0.05) is 24.0 Å². The number of nitrogens with zero attached hydrogens (tertiary/aromatic N) is 1. The number of hydrogen-bond donors (Lipinski definition) is 1. The molecular formula is C21H13F3N2O4S. The molecule has 0 amide bonds. The number of fused-ring (bicyclic) bond motifs is 1. The molecule has 0 saturated carbocycles. The van der Waals surface area contributed by atoms with Crippen molar-refractivity contribution in [2.45, 2.75) is 11.1 Å². The third-order valence-electron chi connectivity index (χ3n) is 4.44. The summed E-state index contributed by atoms with van der Waals surface area (Å²) in [6.45, 7) is 0. The lowest BCUT2D eigenvalue weighted by Gasteiger charge is -2.14. The molecular weight excluding hydrogens is 433 g/mol. The number of benzene rings is 2. The van der Waals surface area contributed by atoms with E-state index in [-0.39, 0.29) is 32.9 Å². The van der Waals surface area contributed by atoms with Crippen LogP contribution in [0.4, 0.5) is 18.9 Å². The highest BCUT2D eigenvalue weighted by Gasteiger charge is 2.34. The SMILES string of the molecule is O=c1cc(-c2ccccc2C(F)(F)F)oc2c(NS(=O)(=O)c3cccnc3)cccc12. The van der Waals surface area contributed by atoms with Gasteiger partial charge < -0.3 is 4.42 Å². The van der Waals surface area contributed by atoms with E-state index in [4.69, 9.17) is 4.42 Å². The third kappa shape index (κ3) is 4.02. The predicted octanol–water partition coefficient (Wildman–Crippen LogP) is 4.67. The van der Waals surface area contributed by atoms with Gasteiger partial charge in [-0.15, -0.1) is 0 Å². The molecule has 4 rings (SSSR count). The molecule has 1 N–H and O–H groups in total. The Balaban J connectivity index is 1.90. The van der Waals surface area contributed by atoms with Crippen molar-refractivity contribution in [3.8, 4) is 11.3 Å². The van der Waals surface area contributed by atoms with E-state index >= 15 is 0 Å². The molecule has 0 aliphatic rings. The van der Waals surface area contributed by atoms with E-state index in [0.717, 1.165) is 18.3 Å². The van der Waals surface area contributed by atoms with E-state index in [2.05, 4.69) is 9.71 Å². The molecule has 2 aromatic carbocycles. The number of para-hydroxylation sites is 1. The molecule has 2 aromatic heterocycles. The summed E-state index contributed by atoms with van der Waals surface area (Å²) in [6.07, 6.45) is -2.14. The van der Waals surface area contributed by atoms with Crippen LogP contribution in [0.25, 0.3) is 22.3 Å². The number of alkyl halides is 3. The summed E-state index contributed by atoms with van der Waals surface area (Å²) < 4.78 is 73.5. The zero-order chi connectivity index (χ0) is 22.2. The highest BCUT2D eigenvalue weighted by atomic mass is 32.2. The van der Waals surface area contributed by atoms with Gasteiger partial charge >= 0.3 is 6.18 Å². The van der Waals surface area contributed by atoms with Gasteiger partial charge in [-0.1, -0.05) is 24.3 Å². The van der Waals surface area contributed by atoms with Gasteiger partial charge in [-0.25, -0.2) is 8.42 Å². The maximum absolute atomic E-state index is 13.4. The fourth-order valence-electron chi connectivity index (χ4n) is 3.05. The number of anilines is 1. The molecule has 31 heavy (non-hydrogen) atoms. The molecule has 0 fully saturated rings. The average Bonchev–Trinajstić information content (AvgIpc) is 2.74. The number of aromatic nitrogens is 1. The first kappa shape index (κ1) is 20.6. The van der Waals surface area contributed by atoms with Gasteiger partial charge in [0.1, 0.15) is 10.7 Å². The maximum atomic E-state index is 13.4. The van der Waals surface area contributed by atoms with Crippen LogP contribution >= 0.6 is 0 Å². The molecule has 158 valence electrons. The summed E-state index contributed by atoms with van der Waals surface area (Å²) in [5.41, 5.74) is -2.21. The summed E-state index contributed by atoms with van der Waals surface area (Å²) in [6, 6.07) is 12.5. The van der Waals surface area contributed by atoms with Crippen LogP contribution in [-0.4, -0.2) is 13.4 Å². The topological polar surface area (TPSA) is 89.3 Å². The molecule has 10 heteroatoms. The van der Waals surface area contributed by atoms with Crippen molar-refractivity contribution in [3.63, 3.8) is 0 Å². The maximum Gasteiger partial charge on any atom is 0.417 e. The van der Waals surface area contributed by atoms with E-state index in [9.17, 15) is 26.4 Å². The summed E-state index contributed by atoms with van der Waals surface area (Å²) in [4.78, 5) is 16.2. The highest BCUT2D eigenvalue weighted by Crippen LogP contribution is 2.38. The molecule has 0 unspecified atom stereocenters. The van der Waals surface area contributed by atoms with Crippen molar-refractivity contribution >= 4 is 26.7 Å². The van der Waals surface area contributed by atoms with Crippen molar-refractivity contribution in [2.24, 2.45) is 0 Å². The molecule has 0 atom stereocenters. The van der Waals surface area contributed by atoms with Gasteiger partial charge in [-0.3, -0.25) is 14.5 Å². The van der Waals surface area contributed by atoms with Crippen molar-refractivity contribution in [1.82, 2.24) is 4.98 Å². The van der Waals surface area contributed by atoms with Gasteiger partial charge in [0.05, 0.1) is 16.6 Å². The lowest BCUT2D eigenvalue weighted by Crippen LogP contribution is -2.14. The Hall–Kier alpha value is -3.66. The number of rotatable bonds is 4. The van der Waals surface area contributed by atoms with Crippen LogP contribution in [0, 0.1) is 0 Å². The summed E-state index contributed by atoms with van der Waals surface area (Å²) in [7, 11) is -4.08. The van der Waals surface area contributed by atoms with E-state index < -0.39 is 27.2 Å². The van der Waals surface area contributed by atoms with E-state index in [1.807, 2.05) is 0 Å². The Morgan fingerprint density at radius 2 is 1.74 bits per heavy atom. The average molecular weight is 446 g/mol. The molecule has 0 radical (unpaired) electrons. The number of halogens is 3. The number of hydrogen-bond acceptors (Lipinski definition) is 5. The highest BCUT2D eigenvalue weighted by molar-refractivity contribution is 7.92. The first-order valence-corrected chi connectivity index (χ1v) is 10.3. The lowest BCUT2D eigenvalue weighted by atomic mass is 10.0. The Kier molecular flexibility index (Phi) is 5.02. The van der Waals surface area contributed by atoms with Crippen LogP contribution in [0.15, 0.2) is 87.2 Å². The smallest absolute Gasteiger partial charge is 0.417 e. The van der Waals surface area contributed by atoms with Crippen molar-refractivity contribution in [1.29, 1.82) is 0 Å². The lowest BCUT2D eigenvalue weighted by molar-refractivity contribution is -0.137. The summed E-state index contributed by atoms with van der Waals surface area (Å²) in [5.74, 6) is -0.335. The monoisotopic (exact) mass is 446 g/mol. The van der Waals surface area contributed by atoms with E-state index in [0.29, 0.717) is 0 Å². The molecule has 0 bridgehead atoms. The van der Waals surface area contributed by atoms with Gasteiger partial charge in [0.2, 0.25) is 0 Å². The zero-order valence-electron chi connectivity index (χ0n) is 15.6. The Morgan fingerprint density at radius 3 is 2.45 bits per heavy atom. The summed E-state index contributed by atoms with van der Waals surface area (Å²) in [5, 5.41) is 0.0135. The van der Waals surface area contributed by atoms with E-state index in [1.165, 1.54) is 54.7 Å². The fourth-order valence-corrected chi connectivity index (χ4v) is 4.07. The zero-order valence-corrected chi connectivity index (χ0v) is 16.4. The van der Waals surface area contributed by atoms with Crippen LogP contribution in [0.5, 0.6) is 0 Å². The van der Waals surface area contributed by atoms with Crippen LogP contribution in [0.1, 0.15) is 5.56 Å². The normalized spacial score (nSPS) is 12.1. The first-order valence-electron chi connectivity index (χ1n) is 8.83. The van der Waals surface area contributed by atoms with Crippen LogP contribution < -0.4 is 10.2 Å². The molecule has 0 saturated heterocycles. The fraction of sp³-hybridized carbons (Fsp3) is 0.0476. The quantitative estimate of drug-likeness (QED) is 0.492. The number of pyridine rings is 1. The number of nitrogens with one attached hydrogen (secondary N) is 1. The predicted molar refractivity (Wildman–Crippen MR) is 108 cm³/mol. The molecule has 0 spiro atoms.